The van der Waals surface area contributed by atoms with Gasteiger partial charge in [0, 0.05) is 11.9 Å². The summed E-state index contributed by atoms with van der Waals surface area (Å²) in [6.07, 6.45) is 2.56. The summed E-state index contributed by atoms with van der Waals surface area (Å²) in [6, 6.07) is 9.41. The molecule has 1 aromatic heterocycles. The van der Waals surface area contributed by atoms with Crippen LogP contribution in [0, 0.1) is 6.92 Å². The average molecular weight is 201 g/mol. The van der Waals surface area contributed by atoms with E-state index in [1.165, 1.54) is 0 Å². The summed E-state index contributed by atoms with van der Waals surface area (Å²) in [4.78, 5) is 10.2. The molecule has 0 saturated carbocycles. The second kappa shape index (κ2) is 3.96. The van der Waals surface area contributed by atoms with Gasteiger partial charge in [0.2, 0.25) is 6.41 Å². The molecule has 1 amide bonds. The number of hydrogen-bond donors (Lipinski definition) is 1. The number of anilines is 1. The molecule has 0 atom stereocenters. The van der Waals surface area contributed by atoms with Crippen LogP contribution in [0.25, 0.3) is 5.69 Å². The summed E-state index contributed by atoms with van der Waals surface area (Å²) in [5.41, 5.74) is 2.72. The monoisotopic (exact) mass is 201 g/mol. The SMILES string of the molecule is Cc1ccn(-c2ccc(NC=O)cc2)n1. The van der Waals surface area contributed by atoms with Crippen LogP contribution in [-0.4, -0.2) is 16.2 Å². The predicted molar refractivity (Wildman–Crippen MR) is 58.0 cm³/mol. The fraction of sp³-hybridized carbons (Fsp3) is 0.0909. The van der Waals surface area contributed by atoms with Gasteiger partial charge in [-0.3, -0.25) is 4.79 Å². The Bertz CT molecular complexity index is 459. The molecule has 2 aromatic rings. The molecule has 1 heterocycles. The first-order chi connectivity index (χ1) is 7.29. The molecule has 0 bridgehead atoms. The van der Waals surface area contributed by atoms with Crippen LogP contribution in [0.1, 0.15) is 5.69 Å². The number of amides is 1. The molecule has 4 heteroatoms. The van der Waals surface area contributed by atoms with E-state index in [2.05, 4.69) is 10.4 Å². The minimum atomic E-state index is 0.660. The van der Waals surface area contributed by atoms with Crippen molar-refractivity contribution in [1.82, 2.24) is 9.78 Å². The lowest BCUT2D eigenvalue weighted by Crippen LogP contribution is -1.97. The van der Waals surface area contributed by atoms with E-state index >= 15 is 0 Å². The van der Waals surface area contributed by atoms with Gasteiger partial charge in [-0.2, -0.15) is 5.10 Å². The molecule has 0 aliphatic heterocycles. The summed E-state index contributed by atoms with van der Waals surface area (Å²) in [5.74, 6) is 0. The Labute approximate surface area is 87.5 Å². The summed E-state index contributed by atoms with van der Waals surface area (Å²) >= 11 is 0. The normalized spacial score (nSPS) is 9.93. The van der Waals surface area contributed by atoms with Gasteiger partial charge in [0.15, 0.2) is 0 Å². The number of aromatic nitrogens is 2. The summed E-state index contributed by atoms with van der Waals surface area (Å²) in [7, 11) is 0. The van der Waals surface area contributed by atoms with E-state index in [0.717, 1.165) is 17.1 Å². The molecule has 0 aliphatic rings. The highest BCUT2D eigenvalue weighted by molar-refractivity contribution is 5.71. The number of rotatable bonds is 3. The van der Waals surface area contributed by atoms with Crippen LogP contribution >= 0.6 is 0 Å². The number of aryl methyl sites for hydroxylation is 1. The summed E-state index contributed by atoms with van der Waals surface area (Å²) in [5, 5.41) is 6.86. The van der Waals surface area contributed by atoms with E-state index in [-0.39, 0.29) is 0 Å². The van der Waals surface area contributed by atoms with Crippen LogP contribution in [0.15, 0.2) is 36.5 Å². The highest BCUT2D eigenvalue weighted by Gasteiger charge is 1.97. The summed E-state index contributed by atoms with van der Waals surface area (Å²) < 4.78 is 1.79. The van der Waals surface area contributed by atoms with Crippen molar-refractivity contribution < 1.29 is 4.79 Å². The Kier molecular flexibility index (Phi) is 2.49. The van der Waals surface area contributed by atoms with Gasteiger partial charge >= 0.3 is 0 Å². The van der Waals surface area contributed by atoms with Gasteiger partial charge in [0.1, 0.15) is 0 Å². The molecular weight excluding hydrogens is 190 g/mol. The van der Waals surface area contributed by atoms with Crippen LogP contribution in [0.4, 0.5) is 5.69 Å². The first-order valence-electron chi connectivity index (χ1n) is 4.62. The molecule has 1 aromatic carbocycles. The quantitative estimate of drug-likeness (QED) is 0.769. The first kappa shape index (κ1) is 9.45. The Morgan fingerprint density at radius 1 is 1.27 bits per heavy atom. The van der Waals surface area contributed by atoms with Gasteiger partial charge in [-0.1, -0.05) is 0 Å². The van der Waals surface area contributed by atoms with Crippen LogP contribution in [-0.2, 0) is 4.79 Å². The molecule has 1 N–H and O–H groups in total. The molecule has 15 heavy (non-hydrogen) atoms. The maximum absolute atomic E-state index is 10.2. The standard InChI is InChI=1S/C11H11N3O/c1-9-6-7-14(13-9)11-4-2-10(3-5-11)12-8-15/h2-8H,1H3,(H,12,15). The van der Waals surface area contributed by atoms with Crippen LogP contribution in [0.5, 0.6) is 0 Å². The van der Waals surface area contributed by atoms with E-state index in [0.29, 0.717) is 6.41 Å². The third-order valence-electron chi connectivity index (χ3n) is 2.08. The number of nitrogens with zero attached hydrogens (tertiary/aromatic N) is 2. The Hall–Kier alpha value is -2.10. The minimum Gasteiger partial charge on any atom is -0.329 e. The van der Waals surface area contributed by atoms with E-state index in [9.17, 15) is 4.79 Å². The van der Waals surface area contributed by atoms with Crippen molar-refractivity contribution in [2.24, 2.45) is 0 Å². The highest BCUT2D eigenvalue weighted by Crippen LogP contribution is 2.12. The number of nitrogens with one attached hydrogen (secondary N) is 1. The predicted octanol–water partition coefficient (Wildman–Crippen LogP) is 1.75. The van der Waals surface area contributed by atoms with Crippen molar-refractivity contribution >= 4 is 12.1 Å². The van der Waals surface area contributed by atoms with Crippen molar-refractivity contribution in [1.29, 1.82) is 0 Å². The summed E-state index contributed by atoms with van der Waals surface area (Å²) in [6.45, 7) is 1.94. The lowest BCUT2D eigenvalue weighted by Gasteiger charge is -2.02. The Morgan fingerprint density at radius 2 is 2.00 bits per heavy atom. The lowest BCUT2D eigenvalue weighted by molar-refractivity contribution is -0.105. The van der Waals surface area contributed by atoms with Crippen LogP contribution in [0.3, 0.4) is 0 Å². The van der Waals surface area contributed by atoms with Gasteiger partial charge in [-0.05, 0) is 37.3 Å². The third kappa shape index (κ3) is 2.04. The minimum absolute atomic E-state index is 0.660. The Morgan fingerprint density at radius 3 is 2.53 bits per heavy atom. The molecule has 0 aliphatic carbocycles. The third-order valence-corrected chi connectivity index (χ3v) is 2.08. The topological polar surface area (TPSA) is 46.9 Å². The van der Waals surface area contributed by atoms with Gasteiger partial charge < -0.3 is 5.32 Å². The van der Waals surface area contributed by atoms with E-state index in [4.69, 9.17) is 0 Å². The highest BCUT2D eigenvalue weighted by atomic mass is 16.1. The molecule has 0 saturated heterocycles. The van der Waals surface area contributed by atoms with Crippen molar-refractivity contribution in [2.75, 3.05) is 5.32 Å². The molecule has 4 nitrogen and oxygen atoms in total. The molecule has 0 spiro atoms. The lowest BCUT2D eigenvalue weighted by atomic mass is 10.3. The number of carbonyl (C=O) groups excluding carboxylic acids is 1. The fourth-order valence-corrected chi connectivity index (χ4v) is 1.34. The van der Waals surface area contributed by atoms with Gasteiger partial charge in [0.05, 0.1) is 11.4 Å². The molecule has 0 unspecified atom stereocenters. The second-order valence-electron chi connectivity index (χ2n) is 3.21. The van der Waals surface area contributed by atoms with E-state index < -0.39 is 0 Å². The van der Waals surface area contributed by atoms with Crippen molar-refractivity contribution in [2.45, 2.75) is 6.92 Å². The van der Waals surface area contributed by atoms with Crippen molar-refractivity contribution in [3.05, 3.63) is 42.2 Å². The maximum atomic E-state index is 10.2. The molecule has 2 rings (SSSR count). The zero-order valence-corrected chi connectivity index (χ0v) is 8.34. The van der Waals surface area contributed by atoms with Crippen LogP contribution < -0.4 is 5.32 Å². The van der Waals surface area contributed by atoms with E-state index in [1.807, 2.05) is 43.5 Å². The smallest absolute Gasteiger partial charge is 0.211 e. The van der Waals surface area contributed by atoms with Crippen LogP contribution in [0.2, 0.25) is 0 Å². The largest absolute Gasteiger partial charge is 0.329 e. The average Bonchev–Trinajstić information content (AvgIpc) is 2.67. The zero-order valence-electron chi connectivity index (χ0n) is 8.34. The number of benzene rings is 1. The first-order valence-corrected chi connectivity index (χ1v) is 4.62. The fourth-order valence-electron chi connectivity index (χ4n) is 1.34. The maximum Gasteiger partial charge on any atom is 0.211 e. The number of carbonyl (C=O) groups is 1. The van der Waals surface area contributed by atoms with Gasteiger partial charge in [-0.25, -0.2) is 4.68 Å². The van der Waals surface area contributed by atoms with E-state index in [1.54, 1.807) is 4.68 Å². The van der Waals surface area contributed by atoms with Crippen molar-refractivity contribution in [3.8, 4) is 5.69 Å². The zero-order chi connectivity index (χ0) is 10.7. The molecule has 0 fully saturated rings. The van der Waals surface area contributed by atoms with Crippen molar-refractivity contribution in [3.63, 3.8) is 0 Å². The molecule has 0 radical (unpaired) electrons. The Balaban J connectivity index is 2.27. The molecular formula is C11H11N3O. The second-order valence-corrected chi connectivity index (χ2v) is 3.21. The van der Waals surface area contributed by atoms with Gasteiger partial charge in [0.25, 0.3) is 0 Å². The molecule has 76 valence electrons. The van der Waals surface area contributed by atoms with Gasteiger partial charge in [-0.15, -0.1) is 0 Å². The number of hydrogen-bond acceptors (Lipinski definition) is 2.